The van der Waals surface area contributed by atoms with Crippen molar-refractivity contribution >= 4 is 15.9 Å². The van der Waals surface area contributed by atoms with E-state index in [1.165, 1.54) is 50.0 Å². The van der Waals surface area contributed by atoms with Crippen LogP contribution in [0.1, 0.15) is 30.4 Å². The lowest BCUT2D eigenvalue weighted by atomic mass is 10.1. The van der Waals surface area contributed by atoms with Gasteiger partial charge in [-0.15, -0.1) is 0 Å². The fraction of sp³-hybridized carbons (Fsp3) is 0.625. The molecular formula is C16H23BrN2O. The van der Waals surface area contributed by atoms with E-state index >= 15 is 0 Å². The smallest absolute Gasteiger partial charge is 0.127 e. The molecule has 0 saturated carbocycles. The Kier molecular flexibility index (Phi) is 4.97. The molecule has 3 rings (SSSR count). The molecule has 2 heterocycles. The molecule has 0 atom stereocenters. The minimum atomic E-state index is 0.827. The minimum absolute atomic E-state index is 0.827. The van der Waals surface area contributed by atoms with Crippen molar-refractivity contribution in [2.75, 3.05) is 32.8 Å². The fourth-order valence-electron chi connectivity index (χ4n) is 3.13. The van der Waals surface area contributed by atoms with Crippen molar-refractivity contribution in [3.05, 3.63) is 27.7 Å². The molecule has 0 radical (unpaired) electrons. The maximum Gasteiger partial charge on any atom is 0.127 e. The number of ether oxygens (including phenoxy) is 1. The van der Waals surface area contributed by atoms with Gasteiger partial charge in [0, 0.05) is 23.0 Å². The molecule has 0 aromatic heterocycles. The zero-order valence-corrected chi connectivity index (χ0v) is 13.5. The third kappa shape index (κ3) is 3.54. The summed E-state index contributed by atoms with van der Waals surface area (Å²) in [7, 11) is 0. The summed E-state index contributed by atoms with van der Waals surface area (Å²) in [4.78, 5) is 2.57. The van der Waals surface area contributed by atoms with Crippen LogP contribution in [0.15, 0.2) is 16.6 Å². The first-order valence-corrected chi connectivity index (χ1v) is 8.49. The maximum atomic E-state index is 5.75. The van der Waals surface area contributed by atoms with Crippen molar-refractivity contribution in [3.63, 3.8) is 0 Å². The Morgan fingerprint density at radius 3 is 2.95 bits per heavy atom. The molecule has 0 spiro atoms. The van der Waals surface area contributed by atoms with Crippen molar-refractivity contribution in [2.24, 2.45) is 0 Å². The SMILES string of the molecule is Brc1cc2c(c(CNCCCN3CCCC3)c1)OCC2. The van der Waals surface area contributed by atoms with E-state index in [0.29, 0.717) is 0 Å². The molecule has 2 aliphatic rings. The first-order valence-electron chi connectivity index (χ1n) is 7.70. The lowest BCUT2D eigenvalue weighted by Gasteiger charge is -2.15. The lowest BCUT2D eigenvalue weighted by molar-refractivity contribution is 0.330. The average Bonchev–Trinajstić information content (AvgIpc) is 3.08. The van der Waals surface area contributed by atoms with Crippen LogP contribution in [0, 0.1) is 0 Å². The number of nitrogens with one attached hydrogen (secondary N) is 1. The molecule has 1 saturated heterocycles. The highest BCUT2D eigenvalue weighted by atomic mass is 79.9. The molecule has 0 amide bonds. The molecule has 2 aliphatic heterocycles. The highest BCUT2D eigenvalue weighted by Crippen LogP contribution is 2.32. The molecule has 1 N–H and O–H groups in total. The van der Waals surface area contributed by atoms with Gasteiger partial charge in [-0.2, -0.15) is 0 Å². The van der Waals surface area contributed by atoms with Crippen LogP contribution in [0.4, 0.5) is 0 Å². The number of rotatable bonds is 6. The predicted octanol–water partition coefficient (Wildman–Crippen LogP) is 2.96. The maximum absolute atomic E-state index is 5.75. The predicted molar refractivity (Wildman–Crippen MR) is 85.3 cm³/mol. The summed E-state index contributed by atoms with van der Waals surface area (Å²) in [6, 6.07) is 4.36. The zero-order chi connectivity index (χ0) is 13.8. The van der Waals surface area contributed by atoms with Crippen LogP contribution in [-0.2, 0) is 13.0 Å². The van der Waals surface area contributed by atoms with Gasteiger partial charge < -0.3 is 15.0 Å². The van der Waals surface area contributed by atoms with Crippen molar-refractivity contribution < 1.29 is 4.74 Å². The Morgan fingerprint density at radius 1 is 1.25 bits per heavy atom. The van der Waals surface area contributed by atoms with E-state index in [4.69, 9.17) is 4.74 Å². The third-order valence-electron chi connectivity index (χ3n) is 4.17. The molecule has 0 bridgehead atoms. The number of hydrogen-bond acceptors (Lipinski definition) is 3. The summed E-state index contributed by atoms with van der Waals surface area (Å²) in [5.74, 6) is 1.11. The van der Waals surface area contributed by atoms with Crippen LogP contribution in [0.5, 0.6) is 5.75 Å². The van der Waals surface area contributed by atoms with E-state index in [1.54, 1.807) is 0 Å². The van der Waals surface area contributed by atoms with E-state index in [2.05, 4.69) is 38.3 Å². The van der Waals surface area contributed by atoms with E-state index in [-0.39, 0.29) is 0 Å². The van der Waals surface area contributed by atoms with Crippen LogP contribution >= 0.6 is 15.9 Å². The highest BCUT2D eigenvalue weighted by Gasteiger charge is 2.17. The number of halogens is 1. The van der Waals surface area contributed by atoms with Gasteiger partial charge in [0.05, 0.1) is 6.61 Å². The van der Waals surface area contributed by atoms with Gasteiger partial charge in [-0.1, -0.05) is 15.9 Å². The quantitative estimate of drug-likeness (QED) is 0.807. The Labute approximate surface area is 129 Å². The monoisotopic (exact) mass is 338 g/mol. The summed E-state index contributed by atoms with van der Waals surface area (Å²) in [6.07, 6.45) is 5.04. The normalized spacial score (nSPS) is 18.2. The second kappa shape index (κ2) is 6.92. The topological polar surface area (TPSA) is 24.5 Å². The van der Waals surface area contributed by atoms with Crippen LogP contribution in [0.3, 0.4) is 0 Å². The Balaban J connectivity index is 1.44. The van der Waals surface area contributed by atoms with E-state index in [9.17, 15) is 0 Å². The highest BCUT2D eigenvalue weighted by molar-refractivity contribution is 9.10. The number of hydrogen-bond donors (Lipinski definition) is 1. The molecule has 1 aromatic rings. The molecule has 0 aliphatic carbocycles. The molecule has 20 heavy (non-hydrogen) atoms. The van der Waals surface area contributed by atoms with E-state index in [0.717, 1.165) is 36.3 Å². The molecule has 1 fully saturated rings. The standard InChI is InChI=1S/C16H23BrN2O/c17-15-10-13-4-9-20-16(13)14(11-15)12-18-5-3-8-19-6-1-2-7-19/h10-11,18H,1-9,12H2. The third-order valence-corrected chi connectivity index (χ3v) is 4.63. The Morgan fingerprint density at radius 2 is 2.10 bits per heavy atom. The van der Waals surface area contributed by atoms with Gasteiger partial charge in [-0.3, -0.25) is 0 Å². The van der Waals surface area contributed by atoms with Crippen LogP contribution < -0.4 is 10.1 Å². The second-order valence-corrected chi connectivity index (χ2v) is 6.65. The molecule has 4 heteroatoms. The summed E-state index contributed by atoms with van der Waals surface area (Å²) in [5.41, 5.74) is 2.63. The van der Waals surface area contributed by atoms with Crippen molar-refractivity contribution in [3.8, 4) is 5.75 Å². The fourth-order valence-corrected chi connectivity index (χ4v) is 3.69. The molecule has 110 valence electrons. The minimum Gasteiger partial charge on any atom is -0.493 e. The van der Waals surface area contributed by atoms with Gasteiger partial charge in [-0.25, -0.2) is 0 Å². The van der Waals surface area contributed by atoms with Crippen molar-refractivity contribution in [1.82, 2.24) is 10.2 Å². The average molecular weight is 339 g/mol. The summed E-state index contributed by atoms with van der Waals surface area (Å²) < 4.78 is 6.92. The Bertz CT molecular complexity index is 458. The number of benzene rings is 1. The van der Waals surface area contributed by atoms with E-state index in [1.807, 2.05) is 0 Å². The van der Waals surface area contributed by atoms with Gasteiger partial charge >= 0.3 is 0 Å². The van der Waals surface area contributed by atoms with Crippen LogP contribution in [0.25, 0.3) is 0 Å². The van der Waals surface area contributed by atoms with Gasteiger partial charge in [0.15, 0.2) is 0 Å². The Hall–Kier alpha value is -0.580. The summed E-state index contributed by atoms with van der Waals surface area (Å²) in [6.45, 7) is 6.65. The van der Waals surface area contributed by atoms with Crippen LogP contribution in [0.2, 0.25) is 0 Å². The van der Waals surface area contributed by atoms with Gasteiger partial charge in [-0.05, 0) is 63.1 Å². The second-order valence-electron chi connectivity index (χ2n) is 5.73. The lowest BCUT2D eigenvalue weighted by Crippen LogP contribution is -2.24. The van der Waals surface area contributed by atoms with Gasteiger partial charge in [0.1, 0.15) is 5.75 Å². The zero-order valence-electron chi connectivity index (χ0n) is 12.0. The summed E-state index contributed by atoms with van der Waals surface area (Å²) in [5, 5.41) is 3.56. The van der Waals surface area contributed by atoms with E-state index < -0.39 is 0 Å². The molecule has 3 nitrogen and oxygen atoms in total. The largest absolute Gasteiger partial charge is 0.493 e. The molecular weight excluding hydrogens is 316 g/mol. The first-order chi connectivity index (χ1) is 9.83. The molecule has 1 aromatic carbocycles. The van der Waals surface area contributed by atoms with Gasteiger partial charge in [0.2, 0.25) is 0 Å². The van der Waals surface area contributed by atoms with Crippen molar-refractivity contribution in [1.29, 1.82) is 0 Å². The van der Waals surface area contributed by atoms with Crippen molar-refractivity contribution in [2.45, 2.75) is 32.2 Å². The van der Waals surface area contributed by atoms with Crippen LogP contribution in [-0.4, -0.2) is 37.7 Å². The summed E-state index contributed by atoms with van der Waals surface area (Å²) >= 11 is 3.59. The molecule has 0 unspecified atom stereocenters. The van der Waals surface area contributed by atoms with Gasteiger partial charge in [0.25, 0.3) is 0 Å². The number of nitrogens with zero attached hydrogens (tertiary/aromatic N) is 1. The first kappa shape index (κ1) is 14.4. The number of likely N-dealkylation sites (tertiary alicyclic amines) is 1. The number of fused-ring (bicyclic) bond motifs is 1.